The van der Waals surface area contributed by atoms with Gasteiger partial charge in [-0.05, 0) is 48.7 Å². The first-order chi connectivity index (χ1) is 12.9. The SMILES string of the molecule is CCCn1cc(CCNC(=O)c2cccc(C(F)(F)F)c2)c2cccnc21. The Kier molecular flexibility index (Phi) is 5.48. The number of hydrogen-bond acceptors (Lipinski definition) is 2. The first kappa shape index (κ1) is 18.9. The number of alkyl halides is 3. The molecule has 0 atom stereocenters. The van der Waals surface area contributed by atoms with Gasteiger partial charge in [0.25, 0.3) is 5.91 Å². The molecule has 0 aliphatic rings. The van der Waals surface area contributed by atoms with Crippen molar-refractivity contribution in [3.63, 3.8) is 0 Å². The maximum Gasteiger partial charge on any atom is 0.416 e. The van der Waals surface area contributed by atoms with Crippen LogP contribution in [0, 0.1) is 0 Å². The summed E-state index contributed by atoms with van der Waals surface area (Å²) < 4.78 is 40.4. The van der Waals surface area contributed by atoms with Crippen molar-refractivity contribution in [3.8, 4) is 0 Å². The van der Waals surface area contributed by atoms with Gasteiger partial charge in [-0.3, -0.25) is 4.79 Å². The molecule has 1 aromatic carbocycles. The highest BCUT2D eigenvalue weighted by atomic mass is 19.4. The lowest BCUT2D eigenvalue weighted by Crippen LogP contribution is -2.26. The molecule has 0 radical (unpaired) electrons. The monoisotopic (exact) mass is 375 g/mol. The van der Waals surface area contributed by atoms with E-state index < -0.39 is 17.6 Å². The van der Waals surface area contributed by atoms with Crippen LogP contribution in [0.4, 0.5) is 13.2 Å². The smallest absolute Gasteiger partial charge is 0.352 e. The maximum absolute atomic E-state index is 12.8. The van der Waals surface area contributed by atoms with E-state index in [4.69, 9.17) is 0 Å². The Hall–Kier alpha value is -2.83. The minimum Gasteiger partial charge on any atom is -0.352 e. The van der Waals surface area contributed by atoms with E-state index >= 15 is 0 Å². The van der Waals surface area contributed by atoms with E-state index in [0.717, 1.165) is 41.7 Å². The Balaban J connectivity index is 1.68. The highest BCUT2D eigenvalue weighted by Gasteiger charge is 2.30. The number of amides is 1. The molecule has 142 valence electrons. The fraction of sp³-hybridized carbons (Fsp3) is 0.300. The number of carbonyl (C=O) groups is 1. The molecule has 1 amide bonds. The maximum atomic E-state index is 12.8. The lowest BCUT2D eigenvalue weighted by atomic mass is 10.1. The Morgan fingerprint density at radius 2 is 2.04 bits per heavy atom. The van der Waals surface area contributed by atoms with Crippen molar-refractivity contribution < 1.29 is 18.0 Å². The number of nitrogens with zero attached hydrogens (tertiary/aromatic N) is 2. The number of fused-ring (bicyclic) bond motifs is 1. The van der Waals surface area contributed by atoms with E-state index in [2.05, 4.69) is 21.8 Å². The van der Waals surface area contributed by atoms with Crippen molar-refractivity contribution in [1.29, 1.82) is 0 Å². The van der Waals surface area contributed by atoms with Gasteiger partial charge >= 0.3 is 6.18 Å². The van der Waals surface area contributed by atoms with Gasteiger partial charge in [0, 0.05) is 36.4 Å². The van der Waals surface area contributed by atoms with E-state index in [1.165, 1.54) is 12.1 Å². The van der Waals surface area contributed by atoms with Gasteiger partial charge in [-0.25, -0.2) is 4.98 Å². The number of hydrogen-bond donors (Lipinski definition) is 1. The first-order valence-electron chi connectivity index (χ1n) is 8.78. The van der Waals surface area contributed by atoms with Crippen molar-refractivity contribution in [1.82, 2.24) is 14.9 Å². The fourth-order valence-electron chi connectivity index (χ4n) is 3.06. The Bertz CT molecular complexity index is 947. The van der Waals surface area contributed by atoms with Crippen molar-refractivity contribution in [2.75, 3.05) is 6.54 Å². The van der Waals surface area contributed by atoms with Gasteiger partial charge in [-0.2, -0.15) is 13.2 Å². The molecule has 0 aliphatic heterocycles. The van der Waals surface area contributed by atoms with E-state index in [1.54, 1.807) is 6.20 Å². The third-order valence-corrected chi connectivity index (χ3v) is 4.31. The van der Waals surface area contributed by atoms with Gasteiger partial charge in [-0.1, -0.05) is 13.0 Å². The molecule has 3 rings (SSSR count). The molecule has 27 heavy (non-hydrogen) atoms. The molecular formula is C20H20F3N3O. The molecule has 0 spiro atoms. The molecule has 7 heteroatoms. The number of pyridine rings is 1. The predicted octanol–water partition coefficient (Wildman–Crippen LogP) is 4.44. The molecule has 0 fully saturated rings. The molecule has 0 bridgehead atoms. The lowest BCUT2D eigenvalue weighted by molar-refractivity contribution is -0.137. The molecule has 3 aromatic rings. The third kappa shape index (κ3) is 4.30. The second-order valence-electron chi connectivity index (χ2n) is 6.31. The highest BCUT2D eigenvalue weighted by Crippen LogP contribution is 2.29. The summed E-state index contributed by atoms with van der Waals surface area (Å²) in [4.78, 5) is 16.6. The molecule has 0 saturated heterocycles. The molecule has 0 unspecified atom stereocenters. The van der Waals surface area contributed by atoms with Crippen LogP contribution in [-0.2, 0) is 19.1 Å². The second-order valence-corrected chi connectivity index (χ2v) is 6.31. The lowest BCUT2D eigenvalue weighted by Gasteiger charge is -2.09. The standard InChI is InChI=1S/C20H20F3N3O/c1-2-11-26-13-15(17-7-4-9-24-18(17)26)8-10-25-19(27)14-5-3-6-16(12-14)20(21,22)23/h3-7,9,12-13H,2,8,10-11H2,1H3,(H,25,27). The third-order valence-electron chi connectivity index (χ3n) is 4.31. The van der Waals surface area contributed by atoms with Crippen LogP contribution in [0.5, 0.6) is 0 Å². The minimum absolute atomic E-state index is 0.0000899. The number of aryl methyl sites for hydroxylation is 1. The highest BCUT2D eigenvalue weighted by molar-refractivity contribution is 5.94. The van der Waals surface area contributed by atoms with Crippen LogP contribution in [0.3, 0.4) is 0 Å². The van der Waals surface area contributed by atoms with Gasteiger partial charge in [0.05, 0.1) is 5.56 Å². The van der Waals surface area contributed by atoms with E-state index in [9.17, 15) is 18.0 Å². The molecule has 2 aromatic heterocycles. The molecule has 2 heterocycles. The van der Waals surface area contributed by atoms with Gasteiger partial charge in [0.1, 0.15) is 5.65 Å². The second kappa shape index (κ2) is 7.82. The van der Waals surface area contributed by atoms with Gasteiger partial charge < -0.3 is 9.88 Å². The summed E-state index contributed by atoms with van der Waals surface area (Å²) in [6, 6.07) is 8.28. The predicted molar refractivity (Wildman–Crippen MR) is 97.5 cm³/mol. The van der Waals surface area contributed by atoms with Crippen LogP contribution >= 0.6 is 0 Å². The van der Waals surface area contributed by atoms with E-state index in [1.807, 2.05) is 18.3 Å². The van der Waals surface area contributed by atoms with Gasteiger partial charge in [0.15, 0.2) is 0 Å². The zero-order valence-corrected chi connectivity index (χ0v) is 14.9. The quantitative estimate of drug-likeness (QED) is 0.693. The largest absolute Gasteiger partial charge is 0.416 e. The van der Waals surface area contributed by atoms with E-state index in [0.29, 0.717) is 13.0 Å². The zero-order valence-electron chi connectivity index (χ0n) is 14.9. The minimum atomic E-state index is -4.47. The average Bonchev–Trinajstić information content (AvgIpc) is 2.99. The summed E-state index contributed by atoms with van der Waals surface area (Å²) in [6.45, 7) is 3.27. The summed E-state index contributed by atoms with van der Waals surface area (Å²) in [7, 11) is 0. The van der Waals surface area contributed by atoms with E-state index in [-0.39, 0.29) is 5.56 Å². The Morgan fingerprint density at radius 1 is 1.22 bits per heavy atom. The number of carbonyl (C=O) groups excluding carboxylic acids is 1. The summed E-state index contributed by atoms with van der Waals surface area (Å²) in [6.07, 6.45) is 0.853. The van der Waals surface area contributed by atoms with Crippen LogP contribution in [0.1, 0.15) is 34.8 Å². The Morgan fingerprint density at radius 3 is 2.78 bits per heavy atom. The van der Waals surface area contributed by atoms with Crippen molar-refractivity contribution in [2.45, 2.75) is 32.5 Å². The molecule has 0 saturated carbocycles. The zero-order chi connectivity index (χ0) is 19.4. The number of nitrogens with one attached hydrogen (secondary N) is 1. The summed E-state index contributed by atoms with van der Waals surface area (Å²) >= 11 is 0. The molecule has 1 N–H and O–H groups in total. The van der Waals surface area contributed by atoms with Crippen LogP contribution in [0.2, 0.25) is 0 Å². The molecule has 0 aliphatic carbocycles. The van der Waals surface area contributed by atoms with Crippen LogP contribution in [-0.4, -0.2) is 22.0 Å². The van der Waals surface area contributed by atoms with Gasteiger partial charge in [0.2, 0.25) is 0 Å². The van der Waals surface area contributed by atoms with Crippen LogP contribution < -0.4 is 5.32 Å². The molecular weight excluding hydrogens is 355 g/mol. The fourth-order valence-corrected chi connectivity index (χ4v) is 3.06. The summed E-state index contributed by atoms with van der Waals surface area (Å²) in [5, 5.41) is 3.72. The average molecular weight is 375 g/mol. The van der Waals surface area contributed by atoms with Crippen molar-refractivity contribution >= 4 is 16.9 Å². The molecule has 4 nitrogen and oxygen atoms in total. The van der Waals surface area contributed by atoms with Crippen LogP contribution in [0.25, 0.3) is 11.0 Å². The number of halogens is 3. The van der Waals surface area contributed by atoms with Crippen LogP contribution in [0.15, 0.2) is 48.8 Å². The summed E-state index contributed by atoms with van der Waals surface area (Å²) in [5.74, 6) is -0.517. The van der Waals surface area contributed by atoms with Crippen molar-refractivity contribution in [3.05, 3.63) is 65.5 Å². The normalized spacial score (nSPS) is 11.7. The van der Waals surface area contributed by atoms with Gasteiger partial charge in [-0.15, -0.1) is 0 Å². The first-order valence-corrected chi connectivity index (χ1v) is 8.78. The summed E-state index contributed by atoms with van der Waals surface area (Å²) in [5.41, 5.74) is 1.12. The topological polar surface area (TPSA) is 46.9 Å². The number of aromatic nitrogens is 2. The number of rotatable bonds is 6. The van der Waals surface area contributed by atoms with Crippen molar-refractivity contribution in [2.24, 2.45) is 0 Å². The number of benzene rings is 1. The Labute approximate surface area is 155 Å².